The molecule has 0 aliphatic rings. The Morgan fingerprint density at radius 2 is 2.00 bits per heavy atom. The molecule has 0 saturated carbocycles. The first-order valence-corrected chi connectivity index (χ1v) is 6.83. The van der Waals surface area contributed by atoms with Gasteiger partial charge in [0.1, 0.15) is 11.1 Å². The average molecular weight is 368 g/mol. The van der Waals surface area contributed by atoms with E-state index in [1.807, 2.05) is 24.3 Å². The summed E-state index contributed by atoms with van der Waals surface area (Å²) in [6.07, 6.45) is -0.516. The Labute approximate surface area is 125 Å². The lowest BCUT2D eigenvalue weighted by Crippen LogP contribution is -2.26. The van der Waals surface area contributed by atoms with Crippen molar-refractivity contribution in [3.63, 3.8) is 0 Å². The molecule has 0 saturated heterocycles. The van der Waals surface area contributed by atoms with E-state index in [0.29, 0.717) is 11.3 Å². The van der Waals surface area contributed by atoms with Gasteiger partial charge in [-0.3, -0.25) is 0 Å². The Hall–Kier alpha value is -1.55. The summed E-state index contributed by atoms with van der Waals surface area (Å²) in [5.74, 6) is 0.302. The van der Waals surface area contributed by atoms with Gasteiger partial charge < -0.3 is 9.58 Å². The number of nitrogens with zero attached hydrogens (tertiary/aromatic N) is 2. The van der Waals surface area contributed by atoms with Gasteiger partial charge in [0.15, 0.2) is 0 Å². The summed E-state index contributed by atoms with van der Waals surface area (Å²) in [5.41, 5.74) is 0.111. The second kappa shape index (κ2) is 4.85. The number of carbonyl (C=O) groups excluding carboxylic acids is 1. The third-order valence-corrected chi connectivity index (χ3v) is 3.54. The molecule has 0 spiro atoms. The minimum atomic E-state index is -0.590. The molecule has 0 bridgehead atoms. The molecule has 4 nitrogen and oxygen atoms in total. The van der Waals surface area contributed by atoms with Crippen LogP contribution in [0.5, 0.6) is 0 Å². The molecule has 2 rings (SSSR count). The fraction of sp³-hybridized carbons (Fsp3) is 0.286. The molecule has 0 unspecified atom stereocenters. The van der Waals surface area contributed by atoms with Gasteiger partial charge >= 0.3 is 6.09 Å². The van der Waals surface area contributed by atoms with Gasteiger partial charge in [0, 0.05) is 8.96 Å². The van der Waals surface area contributed by atoms with Crippen LogP contribution in [0.15, 0.2) is 24.3 Å². The van der Waals surface area contributed by atoms with Gasteiger partial charge in [-0.2, -0.15) is 4.57 Å². The van der Waals surface area contributed by atoms with Gasteiger partial charge in [-0.1, -0.05) is 47.4 Å². The molecule has 0 fully saturated rings. The SMILES string of the molecule is [C-]#[N+]c1c(I)c2ccccc2n1C(=O)OC(C)(C)C. The number of aromatic nitrogens is 1. The first-order chi connectivity index (χ1) is 8.85. The molecule has 1 aromatic carbocycles. The van der Waals surface area contributed by atoms with Crippen LogP contribution < -0.4 is 0 Å². The number of rotatable bonds is 0. The van der Waals surface area contributed by atoms with E-state index in [1.54, 1.807) is 20.8 Å². The smallest absolute Gasteiger partial charge is 0.426 e. The number of halogens is 1. The van der Waals surface area contributed by atoms with Crippen molar-refractivity contribution in [2.24, 2.45) is 0 Å². The lowest BCUT2D eigenvalue weighted by molar-refractivity contribution is 0.0548. The Morgan fingerprint density at radius 3 is 2.58 bits per heavy atom. The van der Waals surface area contributed by atoms with Crippen LogP contribution in [0.2, 0.25) is 0 Å². The van der Waals surface area contributed by atoms with Gasteiger partial charge in [0.2, 0.25) is 0 Å². The highest BCUT2D eigenvalue weighted by Gasteiger charge is 2.27. The topological polar surface area (TPSA) is 35.6 Å². The van der Waals surface area contributed by atoms with Crippen molar-refractivity contribution in [2.45, 2.75) is 26.4 Å². The molecular formula is C14H13IN2O2. The summed E-state index contributed by atoms with van der Waals surface area (Å²) in [4.78, 5) is 15.7. The molecule has 0 amide bonds. The van der Waals surface area contributed by atoms with E-state index >= 15 is 0 Å². The van der Waals surface area contributed by atoms with Crippen molar-refractivity contribution >= 4 is 45.4 Å². The quantitative estimate of drug-likeness (QED) is 0.504. The van der Waals surface area contributed by atoms with Crippen LogP contribution in [-0.4, -0.2) is 16.3 Å². The zero-order chi connectivity index (χ0) is 14.2. The summed E-state index contributed by atoms with van der Waals surface area (Å²) >= 11 is 2.09. The van der Waals surface area contributed by atoms with Crippen LogP contribution in [0.4, 0.5) is 10.6 Å². The van der Waals surface area contributed by atoms with Gasteiger partial charge in [0.25, 0.3) is 5.82 Å². The predicted molar refractivity (Wildman–Crippen MR) is 82.5 cm³/mol. The maximum atomic E-state index is 12.3. The minimum absolute atomic E-state index is 0.302. The monoisotopic (exact) mass is 368 g/mol. The van der Waals surface area contributed by atoms with Gasteiger partial charge in [-0.25, -0.2) is 4.79 Å². The summed E-state index contributed by atoms with van der Waals surface area (Å²) in [6, 6.07) is 7.44. The highest BCUT2D eigenvalue weighted by atomic mass is 127. The molecule has 2 aromatic rings. The van der Waals surface area contributed by atoms with Crippen LogP contribution >= 0.6 is 22.6 Å². The Balaban J connectivity index is 2.66. The first-order valence-electron chi connectivity index (χ1n) is 5.75. The molecule has 0 aliphatic heterocycles. The highest BCUT2D eigenvalue weighted by molar-refractivity contribution is 14.1. The van der Waals surface area contributed by atoms with E-state index in [1.165, 1.54) is 4.57 Å². The van der Waals surface area contributed by atoms with Gasteiger partial charge in [-0.05, 0) is 26.8 Å². The number of hydrogen-bond acceptors (Lipinski definition) is 2. The van der Waals surface area contributed by atoms with Crippen molar-refractivity contribution in [1.29, 1.82) is 0 Å². The average Bonchev–Trinajstić information content (AvgIpc) is 2.60. The second-order valence-electron chi connectivity index (χ2n) is 5.08. The number of carbonyl (C=O) groups is 1. The van der Waals surface area contributed by atoms with Crippen LogP contribution in [0.25, 0.3) is 15.7 Å². The number of para-hydroxylation sites is 1. The molecule has 0 radical (unpaired) electrons. The standard InChI is InChI=1S/C14H13IN2O2/c1-14(2,3)19-13(18)17-10-8-6-5-7-9(10)11(15)12(17)16-4/h5-8H,1-3H3. The maximum Gasteiger partial charge on any atom is 0.496 e. The molecule has 19 heavy (non-hydrogen) atoms. The number of hydrogen-bond donors (Lipinski definition) is 0. The van der Waals surface area contributed by atoms with Crippen molar-refractivity contribution in [3.05, 3.63) is 39.3 Å². The molecule has 5 heteroatoms. The Morgan fingerprint density at radius 1 is 1.37 bits per heavy atom. The third-order valence-electron chi connectivity index (χ3n) is 2.47. The zero-order valence-electron chi connectivity index (χ0n) is 10.9. The fourth-order valence-electron chi connectivity index (χ4n) is 1.78. The normalized spacial score (nSPS) is 11.3. The molecule has 0 atom stereocenters. The third kappa shape index (κ3) is 2.59. The molecule has 98 valence electrons. The molecule has 1 heterocycles. The lowest BCUT2D eigenvalue weighted by atomic mass is 10.2. The maximum absolute atomic E-state index is 12.3. The predicted octanol–water partition coefficient (Wildman–Crippen LogP) is 4.58. The Bertz CT molecular complexity index is 690. The fourth-order valence-corrected chi connectivity index (χ4v) is 2.60. The largest absolute Gasteiger partial charge is 0.496 e. The van der Waals surface area contributed by atoms with Crippen molar-refractivity contribution in [2.75, 3.05) is 0 Å². The highest BCUT2D eigenvalue weighted by Crippen LogP contribution is 2.34. The molecule has 0 N–H and O–H groups in total. The molecule has 0 aliphatic carbocycles. The van der Waals surface area contributed by atoms with E-state index < -0.39 is 11.7 Å². The second-order valence-corrected chi connectivity index (χ2v) is 6.16. The van der Waals surface area contributed by atoms with Gasteiger partial charge in [0.05, 0.1) is 0 Å². The zero-order valence-corrected chi connectivity index (χ0v) is 13.1. The summed E-state index contributed by atoms with van der Waals surface area (Å²) < 4.78 is 7.48. The first kappa shape index (κ1) is 13.9. The summed E-state index contributed by atoms with van der Waals surface area (Å²) in [6.45, 7) is 12.7. The van der Waals surface area contributed by atoms with Crippen molar-refractivity contribution in [1.82, 2.24) is 4.57 Å². The van der Waals surface area contributed by atoms with E-state index in [2.05, 4.69) is 27.4 Å². The lowest BCUT2D eigenvalue weighted by Gasteiger charge is -2.18. The van der Waals surface area contributed by atoms with E-state index in [4.69, 9.17) is 11.3 Å². The molecule has 1 aromatic heterocycles. The van der Waals surface area contributed by atoms with Crippen molar-refractivity contribution < 1.29 is 9.53 Å². The van der Waals surface area contributed by atoms with Crippen LogP contribution in [0, 0.1) is 10.1 Å². The van der Waals surface area contributed by atoms with E-state index in [0.717, 1.165) is 8.96 Å². The van der Waals surface area contributed by atoms with Crippen LogP contribution in [-0.2, 0) is 4.74 Å². The van der Waals surface area contributed by atoms with Crippen molar-refractivity contribution in [3.8, 4) is 0 Å². The summed E-state index contributed by atoms with van der Waals surface area (Å²) in [7, 11) is 0. The summed E-state index contributed by atoms with van der Waals surface area (Å²) in [5, 5.41) is 0.889. The van der Waals surface area contributed by atoms with E-state index in [-0.39, 0.29) is 0 Å². The Kier molecular flexibility index (Phi) is 3.54. The van der Waals surface area contributed by atoms with Gasteiger partial charge in [-0.15, -0.1) is 0 Å². The minimum Gasteiger partial charge on any atom is -0.426 e. The number of ether oxygens (including phenoxy) is 1. The van der Waals surface area contributed by atoms with E-state index in [9.17, 15) is 4.79 Å². The number of benzene rings is 1. The molecular weight excluding hydrogens is 355 g/mol. The number of fused-ring (bicyclic) bond motifs is 1. The van der Waals surface area contributed by atoms with Crippen LogP contribution in [0.3, 0.4) is 0 Å². The van der Waals surface area contributed by atoms with Crippen LogP contribution in [0.1, 0.15) is 20.8 Å².